The molecule has 0 radical (unpaired) electrons. The van der Waals surface area contributed by atoms with Gasteiger partial charge in [-0.1, -0.05) is 26.0 Å². The van der Waals surface area contributed by atoms with Gasteiger partial charge in [-0.3, -0.25) is 4.79 Å². The van der Waals surface area contributed by atoms with Crippen LogP contribution in [0.1, 0.15) is 45.4 Å². The number of para-hydroxylation sites is 1. The first-order valence-electron chi connectivity index (χ1n) is 7.37. The molecule has 1 aromatic carbocycles. The molecule has 4 heteroatoms. The summed E-state index contributed by atoms with van der Waals surface area (Å²) in [7, 11) is 1.62. The third-order valence-corrected chi connectivity index (χ3v) is 3.50. The van der Waals surface area contributed by atoms with Crippen molar-refractivity contribution in [3.8, 4) is 5.75 Å². The van der Waals surface area contributed by atoms with Crippen LogP contribution >= 0.6 is 0 Å². The maximum Gasteiger partial charge on any atom is 0.220 e. The van der Waals surface area contributed by atoms with Gasteiger partial charge >= 0.3 is 0 Å². The van der Waals surface area contributed by atoms with E-state index in [4.69, 9.17) is 9.15 Å². The highest BCUT2D eigenvalue weighted by Gasteiger charge is 2.16. The molecule has 0 spiro atoms. The Morgan fingerprint density at radius 1 is 1.33 bits per heavy atom. The van der Waals surface area contributed by atoms with Crippen molar-refractivity contribution in [1.29, 1.82) is 0 Å². The number of methoxy groups -OCH3 is 1. The van der Waals surface area contributed by atoms with Gasteiger partial charge in [0.25, 0.3) is 0 Å². The van der Waals surface area contributed by atoms with Gasteiger partial charge in [-0.15, -0.1) is 0 Å². The maximum atomic E-state index is 11.9. The molecule has 21 heavy (non-hydrogen) atoms. The summed E-state index contributed by atoms with van der Waals surface area (Å²) in [5.74, 6) is 2.04. The van der Waals surface area contributed by atoms with Crippen LogP contribution < -0.4 is 10.1 Å². The topological polar surface area (TPSA) is 51.5 Å². The van der Waals surface area contributed by atoms with E-state index in [-0.39, 0.29) is 11.9 Å². The van der Waals surface area contributed by atoms with Crippen LogP contribution in [0.3, 0.4) is 0 Å². The van der Waals surface area contributed by atoms with Crippen molar-refractivity contribution in [3.05, 3.63) is 30.0 Å². The molecule has 1 amide bonds. The minimum absolute atomic E-state index is 0.0589. The second-order valence-corrected chi connectivity index (χ2v) is 5.75. The fourth-order valence-electron chi connectivity index (χ4n) is 2.23. The van der Waals surface area contributed by atoms with Crippen LogP contribution in [0, 0.1) is 5.92 Å². The van der Waals surface area contributed by atoms with Gasteiger partial charge in [0.2, 0.25) is 5.91 Å². The number of carbonyl (C=O) groups excluding carboxylic acids is 1. The summed E-state index contributed by atoms with van der Waals surface area (Å²) in [6.07, 6.45) is 1.44. The lowest BCUT2D eigenvalue weighted by Gasteiger charge is -2.12. The molecule has 1 aromatic heterocycles. The van der Waals surface area contributed by atoms with Gasteiger partial charge in [0, 0.05) is 11.8 Å². The van der Waals surface area contributed by atoms with Crippen LogP contribution in [0.25, 0.3) is 11.0 Å². The average Bonchev–Trinajstić information content (AvgIpc) is 2.89. The molecule has 1 heterocycles. The number of benzene rings is 1. The van der Waals surface area contributed by atoms with E-state index in [1.165, 1.54) is 0 Å². The van der Waals surface area contributed by atoms with Crippen LogP contribution in [0.5, 0.6) is 5.75 Å². The van der Waals surface area contributed by atoms with E-state index in [0.29, 0.717) is 18.1 Å². The fraction of sp³-hybridized carbons (Fsp3) is 0.471. The molecule has 4 nitrogen and oxygen atoms in total. The maximum absolute atomic E-state index is 11.9. The van der Waals surface area contributed by atoms with Crippen molar-refractivity contribution in [2.24, 2.45) is 5.92 Å². The van der Waals surface area contributed by atoms with Gasteiger partial charge in [-0.25, -0.2) is 0 Å². The lowest BCUT2D eigenvalue weighted by atomic mass is 10.1. The molecule has 0 aliphatic heterocycles. The van der Waals surface area contributed by atoms with E-state index < -0.39 is 0 Å². The van der Waals surface area contributed by atoms with E-state index in [1.807, 2.05) is 31.2 Å². The predicted molar refractivity (Wildman–Crippen MR) is 83.4 cm³/mol. The van der Waals surface area contributed by atoms with Crippen molar-refractivity contribution in [1.82, 2.24) is 5.32 Å². The van der Waals surface area contributed by atoms with Crippen molar-refractivity contribution in [2.75, 3.05) is 7.11 Å². The number of nitrogens with one attached hydrogen (secondary N) is 1. The normalized spacial score (nSPS) is 12.6. The third-order valence-electron chi connectivity index (χ3n) is 3.50. The summed E-state index contributed by atoms with van der Waals surface area (Å²) in [4.78, 5) is 11.9. The Hall–Kier alpha value is -1.97. The monoisotopic (exact) mass is 289 g/mol. The smallest absolute Gasteiger partial charge is 0.220 e. The summed E-state index contributed by atoms with van der Waals surface area (Å²) in [6, 6.07) is 7.55. The Bertz CT molecular complexity index is 616. The lowest BCUT2D eigenvalue weighted by molar-refractivity contribution is -0.122. The molecule has 0 saturated heterocycles. The zero-order valence-electron chi connectivity index (χ0n) is 13.1. The summed E-state index contributed by atoms with van der Waals surface area (Å²) < 4.78 is 11.1. The summed E-state index contributed by atoms with van der Waals surface area (Å²) >= 11 is 0. The lowest BCUT2D eigenvalue weighted by Crippen LogP contribution is -2.26. The highest BCUT2D eigenvalue weighted by atomic mass is 16.5. The van der Waals surface area contributed by atoms with E-state index in [2.05, 4.69) is 19.2 Å². The number of carbonyl (C=O) groups is 1. The van der Waals surface area contributed by atoms with Crippen LogP contribution in [0.15, 0.2) is 28.7 Å². The second-order valence-electron chi connectivity index (χ2n) is 5.75. The number of ether oxygens (including phenoxy) is 1. The molecular weight excluding hydrogens is 266 g/mol. The first-order chi connectivity index (χ1) is 10.0. The molecule has 2 aromatic rings. The minimum atomic E-state index is -0.151. The largest absolute Gasteiger partial charge is 0.493 e. The number of amides is 1. The van der Waals surface area contributed by atoms with Crippen molar-refractivity contribution in [3.63, 3.8) is 0 Å². The summed E-state index contributed by atoms with van der Waals surface area (Å²) in [5, 5.41) is 3.96. The molecule has 2 rings (SSSR count). The number of hydrogen-bond acceptors (Lipinski definition) is 3. The zero-order valence-corrected chi connectivity index (χ0v) is 13.1. The minimum Gasteiger partial charge on any atom is -0.493 e. The van der Waals surface area contributed by atoms with Crippen LogP contribution in [0.4, 0.5) is 0 Å². The Morgan fingerprint density at radius 2 is 2.10 bits per heavy atom. The van der Waals surface area contributed by atoms with Crippen LogP contribution in [0.2, 0.25) is 0 Å². The van der Waals surface area contributed by atoms with Crippen molar-refractivity contribution < 1.29 is 13.9 Å². The highest BCUT2D eigenvalue weighted by Crippen LogP contribution is 2.30. The van der Waals surface area contributed by atoms with E-state index in [1.54, 1.807) is 7.11 Å². The molecule has 114 valence electrons. The third kappa shape index (κ3) is 3.78. The first kappa shape index (κ1) is 15.4. The molecule has 0 fully saturated rings. The average molecular weight is 289 g/mol. The molecule has 0 saturated carbocycles. The van der Waals surface area contributed by atoms with Crippen molar-refractivity contribution >= 4 is 16.9 Å². The Morgan fingerprint density at radius 3 is 2.76 bits per heavy atom. The van der Waals surface area contributed by atoms with Crippen molar-refractivity contribution in [2.45, 2.75) is 39.7 Å². The summed E-state index contributed by atoms with van der Waals surface area (Å²) in [5.41, 5.74) is 0.721. The molecular formula is C17H23NO3. The van der Waals surface area contributed by atoms with Crippen LogP contribution in [-0.2, 0) is 4.79 Å². The number of fused-ring (bicyclic) bond motifs is 1. The highest BCUT2D eigenvalue weighted by molar-refractivity contribution is 5.84. The molecule has 1 atom stereocenters. The SMILES string of the molecule is COc1cccc2cc(C(C)NC(=O)CCC(C)C)oc12. The van der Waals surface area contributed by atoms with Gasteiger partial charge in [-0.05, 0) is 31.4 Å². The predicted octanol–water partition coefficient (Wildman–Crippen LogP) is 4.05. The quantitative estimate of drug-likeness (QED) is 0.872. The number of hydrogen-bond donors (Lipinski definition) is 1. The van der Waals surface area contributed by atoms with Gasteiger partial charge in [-0.2, -0.15) is 0 Å². The molecule has 0 aliphatic carbocycles. The van der Waals surface area contributed by atoms with E-state index in [9.17, 15) is 4.79 Å². The van der Waals surface area contributed by atoms with Gasteiger partial charge < -0.3 is 14.5 Å². The summed E-state index contributed by atoms with van der Waals surface area (Å²) in [6.45, 7) is 6.15. The van der Waals surface area contributed by atoms with E-state index >= 15 is 0 Å². The Labute approximate surface area is 125 Å². The molecule has 1 N–H and O–H groups in total. The van der Waals surface area contributed by atoms with Crippen LogP contribution in [-0.4, -0.2) is 13.0 Å². The van der Waals surface area contributed by atoms with E-state index in [0.717, 1.165) is 23.2 Å². The Kier molecular flexibility index (Phi) is 4.89. The number of furan rings is 1. The van der Waals surface area contributed by atoms with Gasteiger partial charge in [0.15, 0.2) is 11.3 Å². The van der Waals surface area contributed by atoms with Gasteiger partial charge in [0.1, 0.15) is 5.76 Å². The first-order valence-corrected chi connectivity index (χ1v) is 7.37. The zero-order chi connectivity index (χ0) is 15.4. The molecule has 0 bridgehead atoms. The fourth-order valence-corrected chi connectivity index (χ4v) is 2.23. The molecule has 0 aliphatic rings. The Balaban J connectivity index is 2.09. The van der Waals surface area contributed by atoms with Gasteiger partial charge in [0.05, 0.1) is 13.2 Å². The molecule has 1 unspecified atom stereocenters. The second kappa shape index (κ2) is 6.66. The standard InChI is InChI=1S/C17H23NO3/c1-11(2)8-9-16(19)18-12(3)15-10-13-6-5-7-14(20-4)17(13)21-15/h5-7,10-12H,8-9H2,1-4H3,(H,18,19). The number of rotatable bonds is 6.